The molecule has 3 heterocycles. The van der Waals surface area contributed by atoms with Gasteiger partial charge in [-0.3, -0.25) is 9.52 Å². The van der Waals surface area contributed by atoms with Crippen LogP contribution in [0.2, 0.25) is 0 Å². The molecule has 37 heavy (non-hydrogen) atoms. The Morgan fingerprint density at radius 2 is 1.86 bits per heavy atom. The van der Waals surface area contributed by atoms with E-state index < -0.39 is 16.0 Å². The quantitative estimate of drug-likeness (QED) is 0.341. The fraction of sp³-hybridized carbons (Fsp3) is 0.0400. The van der Waals surface area contributed by atoms with Gasteiger partial charge in [0.25, 0.3) is 15.9 Å². The number of hydrazone groups is 1. The number of carboxylic acid groups (broad SMARTS) is 1. The Labute approximate surface area is 215 Å². The number of amides is 1. The molecular weight excluding hydrogens is 514 g/mol. The minimum atomic E-state index is -3.78. The Bertz CT molecular complexity index is 1670. The van der Waals surface area contributed by atoms with E-state index in [1.165, 1.54) is 46.8 Å². The Kier molecular flexibility index (Phi) is 6.19. The van der Waals surface area contributed by atoms with E-state index in [1.807, 2.05) is 10.6 Å². The number of carboxylic acids is 1. The van der Waals surface area contributed by atoms with Gasteiger partial charge >= 0.3 is 5.97 Å². The van der Waals surface area contributed by atoms with Gasteiger partial charge < -0.3 is 9.67 Å². The second kappa shape index (κ2) is 9.48. The molecular formula is C25H19N5O5S2. The van der Waals surface area contributed by atoms with E-state index in [4.69, 9.17) is 0 Å². The number of benzene rings is 2. The van der Waals surface area contributed by atoms with Gasteiger partial charge in [0, 0.05) is 29.2 Å². The highest BCUT2D eigenvalue weighted by Crippen LogP contribution is 2.27. The third-order valence-corrected chi connectivity index (χ3v) is 7.72. The number of carbonyl (C=O) groups excluding carboxylic acids is 1. The average Bonchev–Trinajstić information content (AvgIpc) is 3.62. The van der Waals surface area contributed by atoms with Crippen LogP contribution in [0.4, 0.5) is 10.8 Å². The molecule has 0 spiro atoms. The number of carbonyl (C=O) groups is 2. The van der Waals surface area contributed by atoms with E-state index in [2.05, 4.69) is 14.8 Å². The first-order valence-corrected chi connectivity index (χ1v) is 13.2. The van der Waals surface area contributed by atoms with Gasteiger partial charge in [0.2, 0.25) is 0 Å². The van der Waals surface area contributed by atoms with Crippen LogP contribution < -0.4 is 9.73 Å². The molecule has 2 aromatic heterocycles. The Morgan fingerprint density at radius 3 is 2.57 bits per heavy atom. The second-order valence-electron chi connectivity index (χ2n) is 7.96. The number of sulfonamides is 1. The molecule has 186 valence electrons. The maximum Gasteiger partial charge on any atom is 0.335 e. The van der Waals surface area contributed by atoms with E-state index in [-0.39, 0.29) is 21.5 Å². The van der Waals surface area contributed by atoms with Crippen molar-refractivity contribution >= 4 is 55.8 Å². The zero-order valence-corrected chi connectivity index (χ0v) is 20.9. The van der Waals surface area contributed by atoms with Crippen molar-refractivity contribution in [3.05, 3.63) is 95.3 Å². The van der Waals surface area contributed by atoms with Gasteiger partial charge in [-0.15, -0.1) is 11.3 Å². The number of thiazole rings is 1. The maximum absolute atomic E-state index is 13.2. The third-order valence-electron chi connectivity index (χ3n) is 5.55. The van der Waals surface area contributed by atoms with Crippen LogP contribution in [0.5, 0.6) is 0 Å². The van der Waals surface area contributed by atoms with Crippen LogP contribution in [0.15, 0.2) is 94.0 Å². The topological polar surface area (TPSA) is 134 Å². The molecule has 0 unspecified atom stereocenters. The van der Waals surface area contributed by atoms with E-state index in [1.54, 1.807) is 54.9 Å². The summed E-state index contributed by atoms with van der Waals surface area (Å²) in [5.74, 6) is -1.48. The van der Waals surface area contributed by atoms with Gasteiger partial charge in [0.15, 0.2) is 5.13 Å². The van der Waals surface area contributed by atoms with Crippen LogP contribution >= 0.6 is 11.3 Å². The summed E-state index contributed by atoms with van der Waals surface area (Å²) in [6.07, 6.45) is 5.00. The lowest BCUT2D eigenvalue weighted by atomic mass is 10.1. The van der Waals surface area contributed by atoms with Crippen LogP contribution in [0.1, 0.15) is 23.0 Å². The fourth-order valence-electron chi connectivity index (χ4n) is 3.76. The van der Waals surface area contributed by atoms with Crippen LogP contribution in [0.25, 0.3) is 11.8 Å². The second-order valence-corrected chi connectivity index (χ2v) is 10.5. The van der Waals surface area contributed by atoms with Crippen molar-refractivity contribution in [2.75, 3.05) is 9.73 Å². The number of anilines is 2. The zero-order valence-electron chi connectivity index (χ0n) is 19.3. The van der Waals surface area contributed by atoms with Gasteiger partial charge in [-0.1, -0.05) is 6.07 Å². The van der Waals surface area contributed by atoms with Crippen molar-refractivity contribution in [2.45, 2.75) is 11.8 Å². The summed E-state index contributed by atoms with van der Waals surface area (Å²) < 4.78 is 29.5. The molecule has 0 fully saturated rings. The van der Waals surface area contributed by atoms with Crippen molar-refractivity contribution in [1.29, 1.82) is 0 Å². The summed E-state index contributed by atoms with van der Waals surface area (Å²) in [5.41, 5.74) is 2.61. The van der Waals surface area contributed by atoms with Crippen molar-refractivity contribution < 1.29 is 23.1 Å². The molecule has 1 aliphatic heterocycles. The van der Waals surface area contributed by atoms with Gasteiger partial charge in [0.1, 0.15) is 0 Å². The van der Waals surface area contributed by atoms with E-state index in [9.17, 15) is 23.1 Å². The molecule has 5 rings (SSSR count). The summed E-state index contributed by atoms with van der Waals surface area (Å²) in [5, 5.41) is 16.7. The molecule has 1 aliphatic rings. The van der Waals surface area contributed by atoms with Crippen molar-refractivity contribution in [3.63, 3.8) is 0 Å². The molecule has 0 radical (unpaired) electrons. The lowest BCUT2D eigenvalue weighted by Gasteiger charge is -2.12. The predicted octanol–water partition coefficient (Wildman–Crippen LogP) is 4.24. The molecule has 2 aromatic carbocycles. The molecule has 0 bridgehead atoms. The highest BCUT2D eigenvalue weighted by atomic mass is 32.2. The summed E-state index contributed by atoms with van der Waals surface area (Å²) in [7, 11) is -3.78. The van der Waals surface area contributed by atoms with Crippen LogP contribution in [0.3, 0.4) is 0 Å². The minimum absolute atomic E-state index is 0.0526. The first kappa shape index (κ1) is 24.2. The lowest BCUT2D eigenvalue weighted by molar-refractivity contribution is -0.114. The smallest absolute Gasteiger partial charge is 0.335 e. The number of nitrogens with zero attached hydrogens (tertiary/aromatic N) is 4. The van der Waals surface area contributed by atoms with Crippen molar-refractivity contribution in [1.82, 2.24) is 9.55 Å². The van der Waals surface area contributed by atoms with Crippen molar-refractivity contribution in [2.24, 2.45) is 5.10 Å². The first-order valence-electron chi connectivity index (χ1n) is 10.9. The van der Waals surface area contributed by atoms with Gasteiger partial charge in [-0.05, 0) is 67.6 Å². The maximum atomic E-state index is 13.2. The normalized spacial score (nSPS) is 14.7. The van der Waals surface area contributed by atoms with Crippen LogP contribution in [-0.2, 0) is 14.8 Å². The van der Waals surface area contributed by atoms with Gasteiger partial charge in [0.05, 0.1) is 27.4 Å². The van der Waals surface area contributed by atoms with E-state index in [0.717, 1.165) is 0 Å². The third kappa shape index (κ3) is 4.79. The monoisotopic (exact) mass is 533 g/mol. The van der Waals surface area contributed by atoms with E-state index >= 15 is 0 Å². The number of aromatic carboxylic acids is 1. The van der Waals surface area contributed by atoms with Gasteiger partial charge in [-0.2, -0.15) is 10.1 Å². The summed E-state index contributed by atoms with van der Waals surface area (Å²) >= 11 is 1.18. The fourth-order valence-corrected chi connectivity index (χ4v) is 5.55. The molecule has 0 saturated carbocycles. The summed E-state index contributed by atoms with van der Waals surface area (Å²) in [6.45, 7) is 1.70. The standard InChI is InChI=1S/C25H19N5O5S2/c1-16-22(23(31)30(27-16)20-5-2-4-17(14-20)24(32)33)15-19-6-3-12-29(19)18-7-9-21(10-8-18)37(34,35)28-25-26-11-13-36-25/h2-15H,1H3,(H,26,28)(H,32,33)/b22-15-. The first-order chi connectivity index (χ1) is 17.7. The molecule has 12 heteroatoms. The highest BCUT2D eigenvalue weighted by molar-refractivity contribution is 7.93. The minimum Gasteiger partial charge on any atom is -0.478 e. The Balaban J connectivity index is 1.41. The highest BCUT2D eigenvalue weighted by Gasteiger charge is 2.29. The summed E-state index contributed by atoms with van der Waals surface area (Å²) in [6, 6.07) is 15.9. The lowest BCUT2D eigenvalue weighted by Crippen LogP contribution is -2.21. The number of rotatable bonds is 7. The SMILES string of the molecule is CC1=NN(c2cccc(C(=O)O)c2)C(=O)/C1=C\c1cccn1-c1ccc(S(=O)(=O)Nc2nccs2)cc1. The average molecular weight is 534 g/mol. The largest absolute Gasteiger partial charge is 0.478 e. The molecule has 2 N–H and O–H groups in total. The Hall–Kier alpha value is -4.55. The Morgan fingerprint density at radius 1 is 1.08 bits per heavy atom. The van der Waals surface area contributed by atoms with Crippen molar-refractivity contribution in [3.8, 4) is 5.69 Å². The van der Waals surface area contributed by atoms with Gasteiger partial charge in [-0.25, -0.2) is 18.2 Å². The predicted molar refractivity (Wildman–Crippen MR) is 141 cm³/mol. The molecule has 10 nitrogen and oxygen atoms in total. The van der Waals surface area contributed by atoms with Crippen LogP contribution in [0, 0.1) is 0 Å². The molecule has 0 aliphatic carbocycles. The number of hydrogen-bond donors (Lipinski definition) is 2. The molecule has 0 atom stereocenters. The summed E-state index contributed by atoms with van der Waals surface area (Å²) in [4.78, 5) is 28.5. The van der Waals surface area contributed by atoms with Crippen LogP contribution in [-0.4, -0.2) is 40.7 Å². The molecule has 0 saturated heterocycles. The molecule has 1 amide bonds. The number of aromatic nitrogens is 2. The van der Waals surface area contributed by atoms with E-state index in [0.29, 0.717) is 28.4 Å². The number of nitrogens with one attached hydrogen (secondary N) is 1. The number of hydrogen-bond acceptors (Lipinski definition) is 7. The molecule has 4 aromatic rings. The zero-order chi connectivity index (χ0) is 26.2.